The molecule has 80 valence electrons. The van der Waals surface area contributed by atoms with Crippen molar-refractivity contribution in [2.24, 2.45) is 4.99 Å². The van der Waals surface area contributed by atoms with Gasteiger partial charge in [-0.3, -0.25) is 0 Å². The zero-order valence-electron chi connectivity index (χ0n) is 9.47. The third-order valence-corrected chi connectivity index (χ3v) is 1.47. The van der Waals surface area contributed by atoms with E-state index in [1.165, 1.54) is 11.6 Å². The van der Waals surface area contributed by atoms with Crippen LogP contribution in [0.25, 0.3) is 6.08 Å². The predicted octanol–water partition coefficient (Wildman–Crippen LogP) is 3.45. The molecule has 0 saturated heterocycles. The van der Waals surface area contributed by atoms with Crippen LogP contribution in [0.1, 0.15) is 26.3 Å². The van der Waals surface area contributed by atoms with Gasteiger partial charge in [0.05, 0.1) is 6.04 Å². The molecule has 0 spiro atoms. The van der Waals surface area contributed by atoms with Crippen molar-refractivity contribution in [3.8, 4) is 0 Å². The van der Waals surface area contributed by atoms with Gasteiger partial charge in [-0.1, -0.05) is 42.5 Å². The van der Waals surface area contributed by atoms with E-state index in [0.717, 1.165) is 0 Å². The van der Waals surface area contributed by atoms with Crippen molar-refractivity contribution in [1.82, 2.24) is 0 Å². The van der Waals surface area contributed by atoms with Crippen LogP contribution in [-0.4, -0.2) is 12.1 Å². The van der Waals surface area contributed by atoms with Crippen LogP contribution >= 0.6 is 0 Å². The van der Waals surface area contributed by atoms with E-state index in [4.69, 9.17) is 0 Å². The molecule has 0 aliphatic carbocycles. The van der Waals surface area contributed by atoms with Crippen LogP contribution in [0, 0.1) is 0 Å². The van der Waals surface area contributed by atoms with E-state index < -0.39 is 0 Å². The van der Waals surface area contributed by atoms with Crippen LogP contribution in [0.15, 0.2) is 41.4 Å². The van der Waals surface area contributed by atoms with Gasteiger partial charge in [-0.2, -0.15) is 0 Å². The molecule has 15 heavy (non-hydrogen) atoms. The van der Waals surface area contributed by atoms with E-state index in [1.54, 1.807) is 0 Å². The summed E-state index contributed by atoms with van der Waals surface area (Å²) in [4.78, 5) is 12.6. The molecule has 1 aromatic rings. The molecule has 0 radical (unpaired) electrons. The van der Waals surface area contributed by atoms with Crippen LogP contribution in [-0.2, 0) is 4.79 Å². The van der Waals surface area contributed by atoms with Crippen LogP contribution in [0.3, 0.4) is 0 Å². The number of benzene rings is 1. The van der Waals surface area contributed by atoms with Gasteiger partial charge in [-0.15, -0.1) is 0 Å². The fourth-order valence-corrected chi connectivity index (χ4v) is 0.862. The van der Waals surface area contributed by atoms with Crippen molar-refractivity contribution >= 4 is 12.2 Å². The average molecular weight is 203 g/mol. The number of allylic oxidation sites excluding steroid dienone is 1. The van der Waals surface area contributed by atoms with E-state index in [2.05, 4.69) is 23.2 Å². The Kier molecular flexibility index (Phi) is 7.93. The number of nitrogens with zero attached hydrogens (tertiary/aromatic N) is 1. The number of aliphatic imine (C=N–C) groups is 1. The second-order valence-corrected chi connectivity index (χ2v) is 3.22. The number of rotatable bonds is 2. The molecule has 0 aliphatic rings. The molecule has 0 N–H and O–H groups in total. The van der Waals surface area contributed by atoms with Crippen LogP contribution in [0.2, 0.25) is 0 Å². The molecular formula is C13H17NO. The van der Waals surface area contributed by atoms with Crippen molar-refractivity contribution in [3.63, 3.8) is 0 Å². The Labute approximate surface area is 91.4 Å². The van der Waals surface area contributed by atoms with Crippen molar-refractivity contribution in [3.05, 3.63) is 42.0 Å². The minimum atomic E-state index is 0.0995. The number of hydrogen-bond acceptors (Lipinski definition) is 2. The molecule has 1 rings (SSSR count). The fourth-order valence-electron chi connectivity index (χ4n) is 0.862. The Balaban J connectivity index is 0.000000288. The average Bonchev–Trinajstić information content (AvgIpc) is 2.20. The molecule has 0 bridgehead atoms. The van der Waals surface area contributed by atoms with Gasteiger partial charge in [0.25, 0.3) is 0 Å². The standard InChI is InChI=1S/C9H10.C4H7NO/c1-2-6-9-7-4-3-5-8-9;1-4(2)5-3-6/h2-8H,1H3;4H,1-2H3. The number of isocyanates is 1. The zero-order valence-corrected chi connectivity index (χ0v) is 9.47. The number of carbonyl (C=O) groups excluding carboxylic acids is 1. The summed E-state index contributed by atoms with van der Waals surface area (Å²) in [5.41, 5.74) is 1.26. The maximum Gasteiger partial charge on any atom is 0.235 e. The molecule has 2 nitrogen and oxygen atoms in total. The summed E-state index contributed by atoms with van der Waals surface area (Å²) in [5.74, 6) is 0. The minimum absolute atomic E-state index is 0.0995. The maximum atomic E-state index is 9.32. The lowest BCUT2D eigenvalue weighted by molar-refractivity contribution is 0.560. The third-order valence-electron chi connectivity index (χ3n) is 1.47. The summed E-state index contributed by atoms with van der Waals surface area (Å²) in [6.45, 7) is 5.67. The summed E-state index contributed by atoms with van der Waals surface area (Å²) < 4.78 is 0. The normalized spacial score (nSPS) is 9.33. The SMILES string of the molecule is CC(C)N=C=O.CC=Cc1ccccc1. The Morgan fingerprint density at radius 1 is 1.27 bits per heavy atom. The molecule has 1 aromatic carbocycles. The van der Waals surface area contributed by atoms with Gasteiger partial charge in [0, 0.05) is 0 Å². The lowest BCUT2D eigenvalue weighted by Gasteiger charge is -1.86. The number of hydrogen-bond donors (Lipinski definition) is 0. The Bertz CT molecular complexity index is 322. The Morgan fingerprint density at radius 2 is 1.87 bits per heavy atom. The summed E-state index contributed by atoms with van der Waals surface area (Å²) in [6, 6.07) is 10.4. The molecule has 0 aliphatic heterocycles. The molecular weight excluding hydrogens is 186 g/mol. The van der Waals surface area contributed by atoms with Crippen molar-refractivity contribution in [2.75, 3.05) is 0 Å². The first-order valence-electron chi connectivity index (χ1n) is 4.95. The van der Waals surface area contributed by atoms with Gasteiger partial charge >= 0.3 is 0 Å². The van der Waals surface area contributed by atoms with Gasteiger partial charge in [-0.25, -0.2) is 9.79 Å². The molecule has 0 atom stereocenters. The van der Waals surface area contributed by atoms with E-state index >= 15 is 0 Å². The smallest absolute Gasteiger partial charge is 0.211 e. The second-order valence-electron chi connectivity index (χ2n) is 3.22. The molecule has 0 unspecified atom stereocenters. The first-order valence-corrected chi connectivity index (χ1v) is 4.95. The van der Waals surface area contributed by atoms with Crippen LogP contribution in [0.5, 0.6) is 0 Å². The Hall–Kier alpha value is -1.66. The van der Waals surface area contributed by atoms with Crippen LogP contribution < -0.4 is 0 Å². The van der Waals surface area contributed by atoms with Gasteiger partial charge in [0.2, 0.25) is 6.08 Å². The van der Waals surface area contributed by atoms with Crippen molar-refractivity contribution in [2.45, 2.75) is 26.8 Å². The predicted molar refractivity (Wildman–Crippen MR) is 64.4 cm³/mol. The highest BCUT2D eigenvalue weighted by atomic mass is 16.1. The van der Waals surface area contributed by atoms with E-state index in [9.17, 15) is 4.79 Å². The van der Waals surface area contributed by atoms with E-state index in [-0.39, 0.29) is 6.04 Å². The lowest BCUT2D eigenvalue weighted by Crippen LogP contribution is -1.83. The first-order chi connectivity index (χ1) is 7.20. The highest BCUT2D eigenvalue weighted by molar-refractivity contribution is 5.47. The molecule has 0 aromatic heterocycles. The first kappa shape index (κ1) is 13.3. The minimum Gasteiger partial charge on any atom is -0.211 e. The van der Waals surface area contributed by atoms with E-state index in [1.807, 2.05) is 45.0 Å². The lowest BCUT2D eigenvalue weighted by atomic mass is 10.2. The molecule has 0 heterocycles. The summed E-state index contributed by atoms with van der Waals surface area (Å²) >= 11 is 0. The zero-order chi connectivity index (χ0) is 11.5. The van der Waals surface area contributed by atoms with Crippen molar-refractivity contribution < 1.29 is 4.79 Å². The summed E-state index contributed by atoms with van der Waals surface area (Å²) in [7, 11) is 0. The molecule has 0 amide bonds. The van der Waals surface area contributed by atoms with Gasteiger partial charge in [0.15, 0.2) is 0 Å². The molecule has 0 fully saturated rings. The topological polar surface area (TPSA) is 29.4 Å². The van der Waals surface area contributed by atoms with Gasteiger partial charge in [-0.05, 0) is 26.3 Å². The van der Waals surface area contributed by atoms with Crippen molar-refractivity contribution in [1.29, 1.82) is 0 Å². The van der Waals surface area contributed by atoms with Gasteiger partial charge < -0.3 is 0 Å². The highest BCUT2D eigenvalue weighted by Gasteiger charge is 1.78. The third kappa shape index (κ3) is 8.66. The van der Waals surface area contributed by atoms with Crippen LogP contribution in [0.4, 0.5) is 0 Å². The second kappa shape index (κ2) is 8.92. The largest absolute Gasteiger partial charge is 0.235 e. The highest BCUT2D eigenvalue weighted by Crippen LogP contribution is 1.99. The molecule has 0 saturated carbocycles. The quantitative estimate of drug-likeness (QED) is 0.534. The fraction of sp³-hybridized carbons (Fsp3) is 0.308. The summed E-state index contributed by atoms with van der Waals surface area (Å²) in [6.07, 6.45) is 5.56. The van der Waals surface area contributed by atoms with Gasteiger partial charge in [0.1, 0.15) is 0 Å². The van der Waals surface area contributed by atoms with E-state index in [0.29, 0.717) is 0 Å². The molecule has 2 heteroatoms. The summed E-state index contributed by atoms with van der Waals surface area (Å²) in [5, 5.41) is 0. The Morgan fingerprint density at radius 3 is 2.20 bits per heavy atom. The monoisotopic (exact) mass is 203 g/mol. The maximum absolute atomic E-state index is 9.32.